The van der Waals surface area contributed by atoms with Crippen molar-refractivity contribution in [1.29, 1.82) is 0 Å². The van der Waals surface area contributed by atoms with Crippen LogP contribution in [0.2, 0.25) is 0 Å². The summed E-state index contributed by atoms with van der Waals surface area (Å²) in [6.07, 6.45) is 6.04. The van der Waals surface area contributed by atoms with Crippen molar-refractivity contribution in [2.75, 3.05) is 0 Å². The van der Waals surface area contributed by atoms with Crippen LogP contribution in [0.1, 0.15) is 64.4 Å². The molecule has 0 aliphatic heterocycles. The third kappa shape index (κ3) is 5.55. The van der Waals surface area contributed by atoms with Crippen molar-refractivity contribution in [2.24, 2.45) is 0 Å². The third-order valence-corrected chi connectivity index (χ3v) is 4.82. The number of nitrogens with zero attached hydrogens (tertiary/aromatic N) is 1. The Hall–Kier alpha value is -1.91. The molecule has 0 bridgehead atoms. The monoisotopic (exact) mass is 348 g/mol. The van der Waals surface area contributed by atoms with Crippen LogP contribution >= 0.6 is 0 Å². The van der Waals surface area contributed by atoms with Crippen molar-refractivity contribution < 1.29 is 14.0 Å². The fourth-order valence-electron chi connectivity index (χ4n) is 3.43. The predicted molar refractivity (Wildman–Crippen MR) is 96.3 cm³/mol. The molecule has 4 nitrogen and oxygen atoms in total. The van der Waals surface area contributed by atoms with Gasteiger partial charge in [0.15, 0.2) is 0 Å². The van der Waals surface area contributed by atoms with Gasteiger partial charge in [0.05, 0.1) is 0 Å². The quantitative estimate of drug-likeness (QED) is 0.777. The third-order valence-electron chi connectivity index (χ3n) is 4.82. The summed E-state index contributed by atoms with van der Waals surface area (Å²) in [7, 11) is 0. The second kappa shape index (κ2) is 9.54. The van der Waals surface area contributed by atoms with Gasteiger partial charge in [-0.25, -0.2) is 4.39 Å². The smallest absolute Gasteiger partial charge is 0.243 e. The van der Waals surface area contributed by atoms with E-state index in [4.69, 9.17) is 0 Å². The molecule has 2 amide bonds. The van der Waals surface area contributed by atoms with Crippen LogP contribution in [0.25, 0.3) is 0 Å². The molecule has 1 aliphatic carbocycles. The molecule has 0 unspecified atom stereocenters. The van der Waals surface area contributed by atoms with Crippen LogP contribution in [0.5, 0.6) is 0 Å². The molecule has 2 rings (SSSR count). The minimum atomic E-state index is -0.482. The maximum atomic E-state index is 13.1. The highest BCUT2D eigenvalue weighted by atomic mass is 19.1. The Balaban J connectivity index is 2.13. The second-order valence-electron chi connectivity index (χ2n) is 6.81. The topological polar surface area (TPSA) is 49.4 Å². The Labute approximate surface area is 149 Å². The molecule has 1 saturated carbocycles. The summed E-state index contributed by atoms with van der Waals surface area (Å²) < 4.78 is 13.1. The van der Waals surface area contributed by atoms with Crippen molar-refractivity contribution in [3.05, 3.63) is 35.6 Å². The number of carbonyl (C=O) groups excluding carboxylic acids is 2. The molecule has 1 aromatic rings. The van der Waals surface area contributed by atoms with E-state index < -0.39 is 6.04 Å². The molecule has 0 radical (unpaired) electrons. The zero-order valence-corrected chi connectivity index (χ0v) is 15.3. The minimum absolute atomic E-state index is 0.0275. The van der Waals surface area contributed by atoms with Crippen LogP contribution in [0.3, 0.4) is 0 Å². The van der Waals surface area contributed by atoms with Crippen LogP contribution in [-0.2, 0) is 16.1 Å². The van der Waals surface area contributed by atoms with E-state index in [1.54, 1.807) is 17.0 Å². The molecule has 25 heavy (non-hydrogen) atoms. The van der Waals surface area contributed by atoms with Gasteiger partial charge in [-0.05, 0) is 43.4 Å². The highest BCUT2D eigenvalue weighted by molar-refractivity contribution is 5.87. The van der Waals surface area contributed by atoms with Crippen LogP contribution in [0.4, 0.5) is 4.39 Å². The maximum Gasteiger partial charge on any atom is 0.243 e. The van der Waals surface area contributed by atoms with E-state index in [9.17, 15) is 14.0 Å². The van der Waals surface area contributed by atoms with E-state index in [-0.39, 0.29) is 23.7 Å². The maximum absolute atomic E-state index is 13.1. The van der Waals surface area contributed by atoms with Crippen molar-refractivity contribution in [3.63, 3.8) is 0 Å². The van der Waals surface area contributed by atoms with E-state index in [1.165, 1.54) is 12.1 Å². The van der Waals surface area contributed by atoms with Gasteiger partial charge in [0, 0.05) is 19.0 Å². The SMILES string of the molecule is CCCC(=O)N(Cc1ccc(F)cc1)[C@H](CC)C(=O)NC1CCCC1. The van der Waals surface area contributed by atoms with Crippen LogP contribution < -0.4 is 5.32 Å². The van der Waals surface area contributed by atoms with Crippen molar-refractivity contribution >= 4 is 11.8 Å². The number of nitrogens with one attached hydrogen (secondary N) is 1. The lowest BCUT2D eigenvalue weighted by Crippen LogP contribution is -2.50. The molecule has 1 atom stereocenters. The van der Waals surface area contributed by atoms with Crippen molar-refractivity contribution in [2.45, 2.75) is 77.4 Å². The summed E-state index contributed by atoms with van der Waals surface area (Å²) in [5.74, 6) is -0.401. The highest BCUT2D eigenvalue weighted by Crippen LogP contribution is 2.19. The first-order valence-electron chi connectivity index (χ1n) is 9.39. The fraction of sp³-hybridized carbons (Fsp3) is 0.600. The summed E-state index contributed by atoms with van der Waals surface area (Å²) in [4.78, 5) is 27.0. The minimum Gasteiger partial charge on any atom is -0.352 e. The molecule has 1 fully saturated rings. The lowest BCUT2D eigenvalue weighted by Gasteiger charge is -2.31. The second-order valence-corrected chi connectivity index (χ2v) is 6.81. The lowest BCUT2D eigenvalue weighted by atomic mass is 10.1. The summed E-state index contributed by atoms with van der Waals surface area (Å²) in [6, 6.07) is 5.86. The number of hydrogen-bond acceptors (Lipinski definition) is 2. The van der Waals surface area contributed by atoms with E-state index in [0.717, 1.165) is 37.7 Å². The predicted octanol–water partition coefficient (Wildman–Crippen LogP) is 3.79. The van der Waals surface area contributed by atoms with Gasteiger partial charge in [-0.2, -0.15) is 0 Å². The molecule has 1 aliphatic rings. The standard InChI is InChI=1S/C20H29FN2O2/c1-3-7-19(24)23(14-15-10-12-16(21)13-11-15)18(4-2)20(25)22-17-8-5-6-9-17/h10-13,17-18H,3-9,14H2,1-2H3,(H,22,25)/t18-/m1/s1. The Morgan fingerprint density at radius 2 is 1.84 bits per heavy atom. The number of halogens is 1. The number of rotatable bonds is 8. The molecule has 0 spiro atoms. The molecular weight excluding hydrogens is 319 g/mol. The molecule has 0 saturated heterocycles. The van der Waals surface area contributed by atoms with E-state index >= 15 is 0 Å². The first-order chi connectivity index (χ1) is 12.0. The zero-order chi connectivity index (χ0) is 18.2. The van der Waals surface area contributed by atoms with E-state index in [1.807, 2.05) is 13.8 Å². The molecule has 5 heteroatoms. The van der Waals surface area contributed by atoms with Crippen molar-refractivity contribution in [1.82, 2.24) is 10.2 Å². The van der Waals surface area contributed by atoms with Gasteiger partial charge in [0.1, 0.15) is 11.9 Å². The summed E-state index contributed by atoms with van der Waals surface area (Å²) in [6.45, 7) is 4.21. The molecular formula is C20H29FN2O2. The van der Waals surface area contributed by atoms with Crippen LogP contribution in [-0.4, -0.2) is 28.8 Å². The van der Waals surface area contributed by atoms with Gasteiger partial charge >= 0.3 is 0 Å². The van der Waals surface area contributed by atoms with Crippen LogP contribution in [0, 0.1) is 5.82 Å². The van der Waals surface area contributed by atoms with Gasteiger partial charge in [-0.1, -0.05) is 38.8 Å². The summed E-state index contributed by atoms with van der Waals surface area (Å²) in [5.41, 5.74) is 0.831. The Bertz CT molecular complexity index is 568. The molecule has 0 aromatic heterocycles. The first kappa shape index (κ1) is 19.4. The van der Waals surface area contributed by atoms with Gasteiger partial charge in [-0.15, -0.1) is 0 Å². The largest absolute Gasteiger partial charge is 0.352 e. The van der Waals surface area contributed by atoms with Crippen LogP contribution in [0.15, 0.2) is 24.3 Å². The molecule has 0 heterocycles. The normalized spacial score (nSPS) is 15.8. The Morgan fingerprint density at radius 1 is 1.20 bits per heavy atom. The number of amides is 2. The average molecular weight is 348 g/mol. The number of carbonyl (C=O) groups is 2. The van der Waals surface area contributed by atoms with E-state index in [2.05, 4.69) is 5.32 Å². The molecule has 138 valence electrons. The van der Waals surface area contributed by atoms with E-state index in [0.29, 0.717) is 19.4 Å². The highest BCUT2D eigenvalue weighted by Gasteiger charge is 2.30. The van der Waals surface area contributed by atoms with Gasteiger partial charge in [-0.3, -0.25) is 9.59 Å². The average Bonchev–Trinajstić information content (AvgIpc) is 3.09. The Kier molecular flexibility index (Phi) is 7.41. The number of benzene rings is 1. The van der Waals surface area contributed by atoms with Gasteiger partial charge in [0.2, 0.25) is 11.8 Å². The zero-order valence-electron chi connectivity index (χ0n) is 15.3. The van der Waals surface area contributed by atoms with Gasteiger partial charge < -0.3 is 10.2 Å². The fourth-order valence-corrected chi connectivity index (χ4v) is 3.43. The number of hydrogen-bond donors (Lipinski definition) is 1. The lowest BCUT2D eigenvalue weighted by molar-refractivity contribution is -0.141. The summed E-state index contributed by atoms with van der Waals surface area (Å²) >= 11 is 0. The first-order valence-corrected chi connectivity index (χ1v) is 9.39. The Morgan fingerprint density at radius 3 is 2.40 bits per heavy atom. The van der Waals surface area contributed by atoms with Gasteiger partial charge in [0.25, 0.3) is 0 Å². The van der Waals surface area contributed by atoms with Crippen molar-refractivity contribution in [3.8, 4) is 0 Å². The molecule has 1 aromatic carbocycles. The molecule has 1 N–H and O–H groups in total. The summed E-state index contributed by atoms with van der Waals surface area (Å²) in [5, 5.41) is 3.11.